The minimum absolute atomic E-state index is 0.0609. The van der Waals surface area contributed by atoms with Crippen LogP contribution in [-0.4, -0.2) is 15.3 Å². The van der Waals surface area contributed by atoms with Gasteiger partial charge < -0.3 is 15.3 Å². The molecule has 0 spiro atoms. The highest BCUT2D eigenvalue weighted by Crippen LogP contribution is 2.41. The third-order valence-electron chi connectivity index (χ3n) is 3.37. The Morgan fingerprint density at radius 1 is 0.895 bits per heavy atom. The number of hydrogen-bond acceptors (Lipinski definition) is 3. The number of aryl methyl sites for hydroxylation is 1. The highest BCUT2D eigenvalue weighted by Gasteiger charge is 2.15. The zero-order chi connectivity index (χ0) is 14.0. The summed E-state index contributed by atoms with van der Waals surface area (Å²) in [6.07, 6.45) is 1.73. The second kappa shape index (κ2) is 5.22. The molecule has 100 valence electrons. The van der Waals surface area contributed by atoms with Crippen LogP contribution in [-0.2, 0) is 12.8 Å². The Morgan fingerprint density at radius 2 is 1.63 bits per heavy atom. The molecule has 0 bridgehead atoms. The van der Waals surface area contributed by atoms with Crippen molar-refractivity contribution in [2.75, 3.05) is 0 Å². The number of phenolic OH excluding ortho intramolecular Hbond substituents is 3. The summed E-state index contributed by atoms with van der Waals surface area (Å²) in [5.41, 5.74) is 3.66. The molecular weight excluding hydrogens is 240 g/mol. The number of benzene rings is 2. The van der Waals surface area contributed by atoms with E-state index in [9.17, 15) is 15.3 Å². The van der Waals surface area contributed by atoms with Gasteiger partial charge in [-0.25, -0.2) is 0 Å². The Morgan fingerprint density at radius 3 is 2.26 bits per heavy atom. The van der Waals surface area contributed by atoms with Crippen molar-refractivity contribution in [3.8, 4) is 28.4 Å². The number of rotatable bonds is 3. The lowest BCUT2D eigenvalue weighted by Crippen LogP contribution is -1.95. The van der Waals surface area contributed by atoms with Gasteiger partial charge in [0.15, 0.2) is 11.5 Å². The molecule has 0 atom stereocenters. The van der Waals surface area contributed by atoms with E-state index in [4.69, 9.17) is 0 Å². The summed E-state index contributed by atoms with van der Waals surface area (Å²) in [5.74, 6) is -0.561. The molecule has 0 heterocycles. The molecule has 0 aliphatic rings. The van der Waals surface area contributed by atoms with Crippen molar-refractivity contribution in [1.29, 1.82) is 0 Å². The molecule has 0 unspecified atom stereocenters. The van der Waals surface area contributed by atoms with Crippen LogP contribution in [0.1, 0.15) is 25.0 Å². The van der Waals surface area contributed by atoms with Gasteiger partial charge in [-0.15, -0.1) is 0 Å². The fourth-order valence-corrected chi connectivity index (χ4v) is 2.45. The number of aromatic hydroxyl groups is 3. The van der Waals surface area contributed by atoms with Crippen LogP contribution in [0.4, 0.5) is 0 Å². The van der Waals surface area contributed by atoms with Crippen LogP contribution in [0.5, 0.6) is 17.2 Å². The van der Waals surface area contributed by atoms with E-state index < -0.39 is 0 Å². The van der Waals surface area contributed by atoms with Crippen LogP contribution in [0, 0.1) is 0 Å². The van der Waals surface area contributed by atoms with Crippen LogP contribution in [0.2, 0.25) is 0 Å². The van der Waals surface area contributed by atoms with Crippen LogP contribution >= 0.6 is 0 Å². The van der Waals surface area contributed by atoms with Gasteiger partial charge in [0.1, 0.15) is 5.75 Å². The van der Waals surface area contributed by atoms with E-state index in [2.05, 4.69) is 19.9 Å². The lowest BCUT2D eigenvalue weighted by atomic mass is 9.92. The first kappa shape index (κ1) is 13.3. The fourth-order valence-electron chi connectivity index (χ4n) is 2.45. The molecule has 0 radical (unpaired) electrons. The molecule has 0 aliphatic heterocycles. The van der Waals surface area contributed by atoms with E-state index in [-0.39, 0.29) is 17.2 Å². The molecule has 0 aromatic heterocycles. The van der Waals surface area contributed by atoms with Crippen LogP contribution in [0.25, 0.3) is 11.1 Å². The topological polar surface area (TPSA) is 60.7 Å². The van der Waals surface area contributed by atoms with Crippen molar-refractivity contribution in [2.24, 2.45) is 0 Å². The third-order valence-corrected chi connectivity index (χ3v) is 3.37. The highest BCUT2D eigenvalue weighted by molar-refractivity contribution is 5.78. The first-order valence-corrected chi connectivity index (χ1v) is 6.44. The van der Waals surface area contributed by atoms with Crippen molar-refractivity contribution < 1.29 is 15.3 Å². The van der Waals surface area contributed by atoms with Crippen molar-refractivity contribution in [1.82, 2.24) is 0 Å². The molecule has 19 heavy (non-hydrogen) atoms. The van der Waals surface area contributed by atoms with Crippen molar-refractivity contribution in [3.05, 3.63) is 41.5 Å². The monoisotopic (exact) mass is 258 g/mol. The Hall–Kier alpha value is -2.16. The molecule has 3 N–H and O–H groups in total. The lowest BCUT2D eigenvalue weighted by molar-refractivity contribution is 0.398. The van der Waals surface area contributed by atoms with Crippen molar-refractivity contribution in [3.63, 3.8) is 0 Å². The zero-order valence-corrected chi connectivity index (χ0v) is 11.1. The normalized spacial score (nSPS) is 10.6. The largest absolute Gasteiger partial charge is 0.508 e. The average Bonchev–Trinajstić information content (AvgIpc) is 2.41. The Balaban J connectivity index is 2.72. The molecule has 2 aromatic carbocycles. The molecule has 2 aromatic rings. The number of phenols is 3. The third kappa shape index (κ3) is 2.36. The maximum absolute atomic E-state index is 10.00. The van der Waals surface area contributed by atoms with E-state index >= 15 is 0 Å². The van der Waals surface area contributed by atoms with E-state index in [0.717, 1.165) is 30.0 Å². The summed E-state index contributed by atoms with van der Waals surface area (Å²) in [5, 5.41) is 29.2. The van der Waals surface area contributed by atoms with Gasteiger partial charge in [-0.05, 0) is 35.6 Å². The van der Waals surface area contributed by atoms with E-state index in [1.54, 1.807) is 0 Å². The Bertz CT molecular complexity index is 603. The predicted molar refractivity (Wildman–Crippen MR) is 75.6 cm³/mol. The van der Waals surface area contributed by atoms with E-state index in [1.165, 1.54) is 11.6 Å². The molecule has 0 saturated carbocycles. The van der Waals surface area contributed by atoms with Gasteiger partial charge in [0.2, 0.25) is 0 Å². The smallest absolute Gasteiger partial charge is 0.165 e. The van der Waals surface area contributed by atoms with Crippen molar-refractivity contribution in [2.45, 2.75) is 26.7 Å². The minimum Gasteiger partial charge on any atom is -0.508 e. The second-order valence-corrected chi connectivity index (χ2v) is 4.51. The molecule has 3 heteroatoms. The summed E-state index contributed by atoms with van der Waals surface area (Å²) in [6.45, 7) is 4.13. The molecule has 0 fully saturated rings. The summed E-state index contributed by atoms with van der Waals surface area (Å²) >= 11 is 0. The molecule has 0 amide bonds. The van der Waals surface area contributed by atoms with Gasteiger partial charge in [0.25, 0.3) is 0 Å². The second-order valence-electron chi connectivity index (χ2n) is 4.51. The minimum atomic E-state index is -0.307. The maximum atomic E-state index is 10.00. The molecule has 0 aliphatic carbocycles. The quantitative estimate of drug-likeness (QED) is 0.582. The van der Waals surface area contributed by atoms with Crippen LogP contribution < -0.4 is 0 Å². The molecular formula is C16H18O3. The van der Waals surface area contributed by atoms with Crippen LogP contribution in [0.15, 0.2) is 30.3 Å². The van der Waals surface area contributed by atoms with Gasteiger partial charge in [-0.3, -0.25) is 0 Å². The van der Waals surface area contributed by atoms with E-state index in [0.29, 0.717) is 5.56 Å². The van der Waals surface area contributed by atoms with Gasteiger partial charge in [0, 0.05) is 11.6 Å². The fraction of sp³-hybridized carbons (Fsp3) is 0.250. The van der Waals surface area contributed by atoms with Crippen LogP contribution in [0.3, 0.4) is 0 Å². The van der Waals surface area contributed by atoms with Gasteiger partial charge >= 0.3 is 0 Å². The SMILES string of the molecule is CCc1cccc(-c2cc(O)cc(O)c2O)c1CC. The maximum Gasteiger partial charge on any atom is 0.165 e. The summed E-state index contributed by atoms with van der Waals surface area (Å²) in [7, 11) is 0. The summed E-state index contributed by atoms with van der Waals surface area (Å²) in [6, 6.07) is 8.49. The summed E-state index contributed by atoms with van der Waals surface area (Å²) in [4.78, 5) is 0. The van der Waals surface area contributed by atoms with Gasteiger partial charge in [-0.1, -0.05) is 32.0 Å². The van der Waals surface area contributed by atoms with E-state index in [1.807, 2.05) is 12.1 Å². The van der Waals surface area contributed by atoms with Gasteiger partial charge in [0.05, 0.1) is 0 Å². The first-order chi connectivity index (χ1) is 9.08. The first-order valence-electron chi connectivity index (χ1n) is 6.44. The zero-order valence-electron chi connectivity index (χ0n) is 11.1. The Labute approximate surface area is 112 Å². The number of hydrogen-bond donors (Lipinski definition) is 3. The van der Waals surface area contributed by atoms with Gasteiger partial charge in [-0.2, -0.15) is 0 Å². The predicted octanol–water partition coefficient (Wildman–Crippen LogP) is 3.60. The molecule has 2 rings (SSSR count). The lowest BCUT2D eigenvalue weighted by Gasteiger charge is -2.14. The van der Waals surface area contributed by atoms with Crippen molar-refractivity contribution >= 4 is 0 Å². The standard InChI is InChI=1S/C16H18O3/c1-3-10-6-5-7-13(12(10)4-2)14-8-11(17)9-15(18)16(14)19/h5-9,17-19H,3-4H2,1-2H3. The molecule has 0 saturated heterocycles. The Kier molecular flexibility index (Phi) is 3.65. The molecule has 3 nitrogen and oxygen atoms in total. The average molecular weight is 258 g/mol. The highest BCUT2D eigenvalue weighted by atomic mass is 16.3. The summed E-state index contributed by atoms with van der Waals surface area (Å²) < 4.78 is 0.